The van der Waals surface area contributed by atoms with Crippen LogP contribution in [-0.2, 0) is 0 Å². The molecule has 1 amide bonds. The highest BCUT2D eigenvalue weighted by molar-refractivity contribution is 5.92. The van der Waals surface area contributed by atoms with E-state index in [0.29, 0.717) is 11.6 Å². The van der Waals surface area contributed by atoms with Crippen LogP contribution in [-0.4, -0.2) is 16.4 Å². The first-order valence-corrected chi connectivity index (χ1v) is 7.31. The number of hydrogen-bond donors (Lipinski definition) is 1. The molecule has 0 bridgehead atoms. The van der Waals surface area contributed by atoms with Gasteiger partial charge in [-0.2, -0.15) is 0 Å². The first kappa shape index (κ1) is 14.0. The zero-order valence-electron chi connectivity index (χ0n) is 12.2. The Morgan fingerprint density at radius 2 is 2.05 bits per heavy atom. The standard InChI is InChI=1S/C16H24N2O/c1-4-16(2,3)18-15(19)14-11-7-10-13(17-14)12-8-5-6-9-12/h7,10-12H,4-6,8-9H2,1-3H3,(H,18,19). The lowest BCUT2D eigenvalue weighted by Crippen LogP contribution is -2.43. The van der Waals surface area contributed by atoms with Crippen molar-refractivity contribution >= 4 is 5.91 Å². The molecule has 0 radical (unpaired) electrons. The molecule has 3 nitrogen and oxygen atoms in total. The fourth-order valence-corrected chi connectivity index (χ4v) is 2.49. The van der Waals surface area contributed by atoms with Gasteiger partial charge < -0.3 is 5.32 Å². The van der Waals surface area contributed by atoms with Gasteiger partial charge in [-0.25, -0.2) is 4.98 Å². The molecule has 0 saturated heterocycles. The van der Waals surface area contributed by atoms with Gasteiger partial charge in [0.1, 0.15) is 5.69 Å². The van der Waals surface area contributed by atoms with Crippen LogP contribution in [0.25, 0.3) is 0 Å². The van der Waals surface area contributed by atoms with Crippen LogP contribution in [0.2, 0.25) is 0 Å². The smallest absolute Gasteiger partial charge is 0.270 e. The third-order valence-corrected chi connectivity index (χ3v) is 4.11. The van der Waals surface area contributed by atoms with E-state index >= 15 is 0 Å². The van der Waals surface area contributed by atoms with Gasteiger partial charge in [0.05, 0.1) is 0 Å². The van der Waals surface area contributed by atoms with Crippen LogP contribution in [0.1, 0.15) is 75.0 Å². The Bertz CT molecular complexity index is 448. The van der Waals surface area contributed by atoms with Gasteiger partial charge in [-0.3, -0.25) is 4.79 Å². The summed E-state index contributed by atoms with van der Waals surface area (Å²) in [7, 11) is 0. The molecule has 2 rings (SSSR count). The minimum absolute atomic E-state index is 0.0632. The van der Waals surface area contributed by atoms with Gasteiger partial charge in [-0.1, -0.05) is 25.8 Å². The maximum absolute atomic E-state index is 12.2. The number of carbonyl (C=O) groups excluding carboxylic acids is 1. The number of nitrogens with one attached hydrogen (secondary N) is 1. The lowest BCUT2D eigenvalue weighted by molar-refractivity contribution is 0.0906. The van der Waals surface area contributed by atoms with E-state index in [4.69, 9.17) is 0 Å². The third-order valence-electron chi connectivity index (χ3n) is 4.11. The molecule has 19 heavy (non-hydrogen) atoms. The summed E-state index contributed by atoms with van der Waals surface area (Å²) in [6, 6.07) is 5.81. The summed E-state index contributed by atoms with van der Waals surface area (Å²) >= 11 is 0. The second kappa shape index (κ2) is 5.72. The highest BCUT2D eigenvalue weighted by Gasteiger charge is 2.22. The lowest BCUT2D eigenvalue weighted by Gasteiger charge is -2.24. The monoisotopic (exact) mass is 260 g/mol. The van der Waals surface area contributed by atoms with Gasteiger partial charge in [0.2, 0.25) is 0 Å². The van der Waals surface area contributed by atoms with E-state index in [-0.39, 0.29) is 11.4 Å². The largest absolute Gasteiger partial charge is 0.346 e. The number of pyridine rings is 1. The Morgan fingerprint density at radius 3 is 2.68 bits per heavy atom. The van der Waals surface area contributed by atoms with Crippen molar-refractivity contribution in [2.45, 2.75) is 64.3 Å². The molecule has 0 unspecified atom stereocenters. The number of rotatable bonds is 4. The van der Waals surface area contributed by atoms with Crippen molar-refractivity contribution in [2.24, 2.45) is 0 Å². The highest BCUT2D eigenvalue weighted by Crippen LogP contribution is 2.32. The molecule has 0 spiro atoms. The number of aromatic nitrogens is 1. The summed E-state index contributed by atoms with van der Waals surface area (Å²) in [6.07, 6.45) is 5.88. The molecule has 1 aromatic rings. The zero-order valence-corrected chi connectivity index (χ0v) is 12.2. The molecule has 104 valence electrons. The van der Waals surface area contributed by atoms with Crippen molar-refractivity contribution in [3.8, 4) is 0 Å². The number of hydrogen-bond acceptors (Lipinski definition) is 2. The van der Waals surface area contributed by atoms with E-state index in [9.17, 15) is 4.79 Å². The van der Waals surface area contributed by atoms with Crippen molar-refractivity contribution in [1.29, 1.82) is 0 Å². The van der Waals surface area contributed by atoms with Crippen LogP contribution < -0.4 is 5.32 Å². The average molecular weight is 260 g/mol. The van der Waals surface area contributed by atoms with Gasteiger partial charge in [0.25, 0.3) is 5.91 Å². The fraction of sp³-hybridized carbons (Fsp3) is 0.625. The topological polar surface area (TPSA) is 42.0 Å². The number of carbonyl (C=O) groups is 1. The van der Waals surface area contributed by atoms with Crippen LogP contribution >= 0.6 is 0 Å². The molecular formula is C16H24N2O. The second-order valence-corrected chi connectivity index (χ2v) is 6.12. The summed E-state index contributed by atoms with van der Waals surface area (Å²) in [5.74, 6) is 0.485. The molecule has 1 N–H and O–H groups in total. The van der Waals surface area contributed by atoms with Gasteiger partial charge in [0.15, 0.2) is 0 Å². The molecule has 1 heterocycles. The van der Waals surface area contributed by atoms with Gasteiger partial charge in [-0.15, -0.1) is 0 Å². The zero-order chi connectivity index (χ0) is 13.9. The van der Waals surface area contributed by atoms with E-state index in [1.165, 1.54) is 25.7 Å². The molecule has 1 aromatic heterocycles. The Labute approximate surface area is 115 Å². The highest BCUT2D eigenvalue weighted by atomic mass is 16.2. The van der Waals surface area contributed by atoms with E-state index in [1.54, 1.807) is 6.07 Å². The maximum Gasteiger partial charge on any atom is 0.270 e. The van der Waals surface area contributed by atoms with Gasteiger partial charge >= 0.3 is 0 Å². The Morgan fingerprint density at radius 1 is 1.37 bits per heavy atom. The van der Waals surface area contributed by atoms with E-state index in [0.717, 1.165) is 12.1 Å². The minimum atomic E-state index is -0.178. The molecule has 1 saturated carbocycles. The average Bonchev–Trinajstić information content (AvgIpc) is 2.92. The predicted molar refractivity (Wildman–Crippen MR) is 77.3 cm³/mol. The van der Waals surface area contributed by atoms with Crippen LogP contribution in [0, 0.1) is 0 Å². The molecule has 1 aliphatic rings. The summed E-state index contributed by atoms with van der Waals surface area (Å²) in [5, 5.41) is 3.04. The number of amides is 1. The quantitative estimate of drug-likeness (QED) is 0.897. The van der Waals surface area contributed by atoms with Crippen LogP contribution in [0.5, 0.6) is 0 Å². The summed E-state index contributed by atoms with van der Waals surface area (Å²) in [5.41, 5.74) is 1.45. The normalized spacial score (nSPS) is 16.6. The maximum atomic E-state index is 12.2. The first-order valence-electron chi connectivity index (χ1n) is 7.31. The predicted octanol–water partition coefficient (Wildman–Crippen LogP) is 3.66. The first-order chi connectivity index (χ1) is 9.02. The van der Waals surface area contributed by atoms with Gasteiger partial charge in [0, 0.05) is 17.2 Å². The SMILES string of the molecule is CCC(C)(C)NC(=O)c1cccc(C2CCCC2)n1. The Balaban J connectivity index is 2.12. The molecular weight excluding hydrogens is 236 g/mol. The fourth-order valence-electron chi connectivity index (χ4n) is 2.49. The van der Waals surface area contributed by atoms with E-state index in [1.807, 2.05) is 19.9 Å². The molecule has 0 aromatic carbocycles. The molecule has 3 heteroatoms. The summed E-state index contributed by atoms with van der Waals surface area (Å²) < 4.78 is 0. The molecule has 0 aliphatic heterocycles. The Hall–Kier alpha value is -1.38. The van der Waals surface area contributed by atoms with Crippen LogP contribution in [0.3, 0.4) is 0 Å². The van der Waals surface area contributed by atoms with E-state index in [2.05, 4.69) is 23.3 Å². The molecule has 1 fully saturated rings. The molecule has 1 aliphatic carbocycles. The van der Waals surface area contributed by atoms with Crippen LogP contribution in [0.4, 0.5) is 0 Å². The second-order valence-electron chi connectivity index (χ2n) is 6.12. The Kier molecular flexibility index (Phi) is 4.23. The number of nitrogens with zero attached hydrogens (tertiary/aromatic N) is 1. The molecule has 0 atom stereocenters. The summed E-state index contributed by atoms with van der Waals surface area (Å²) in [4.78, 5) is 16.8. The van der Waals surface area contributed by atoms with Crippen molar-refractivity contribution in [2.75, 3.05) is 0 Å². The summed E-state index contributed by atoms with van der Waals surface area (Å²) in [6.45, 7) is 6.14. The van der Waals surface area contributed by atoms with Gasteiger partial charge in [-0.05, 0) is 45.2 Å². The third kappa shape index (κ3) is 3.55. The van der Waals surface area contributed by atoms with Crippen molar-refractivity contribution in [3.05, 3.63) is 29.6 Å². The van der Waals surface area contributed by atoms with Crippen molar-refractivity contribution in [1.82, 2.24) is 10.3 Å². The minimum Gasteiger partial charge on any atom is -0.346 e. The van der Waals surface area contributed by atoms with E-state index < -0.39 is 0 Å². The lowest BCUT2D eigenvalue weighted by atomic mass is 10.0. The van der Waals surface area contributed by atoms with Crippen molar-refractivity contribution in [3.63, 3.8) is 0 Å². The van der Waals surface area contributed by atoms with Crippen LogP contribution in [0.15, 0.2) is 18.2 Å². The van der Waals surface area contributed by atoms with Crippen molar-refractivity contribution < 1.29 is 4.79 Å².